The SMILES string of the molecule is O=C(O)[C@@H]1CC[C@H](NC(=O)N2CCn3cnnc3C2)C1. The van der Waals surface area contributed by atoms with Crippen molar-refractivity contribution >= 4 is 12.0 Å². The average Bonchev–Trinajstić information content (AvgIpc) is 3.05. The number of carbonyl (C=O) groups is 2. The van der Waals surface area contributed by atoms with Crippen molar-refractivity contribution in [3.63, 3.8) is 0 Å². The summed E-state index contributed by atoms with van der Waals surface area (Å²) in [5.41, 5.74) is 0. The fourth-order valence-electron chi connectivity index (χ4n) is 2.84. The van der Waals surface area contributed by atoms with Crippen LogP contribution >= 0.6 is 0 Å². The maximum absolute atomic E-state index is 12.2. The van der Waals surface area contributed by atoms with Crippen LogP contribution in [0.1, 0.15) is 25.1 Å². The zero-order valence-electron chi connectivity index (χ0n) is 11.0. The molecule has 1 aliphatic heterocycles. The first kappa shape index (κ1) is 12.9. The van der Waals surface area contributed by atoms with Gasteiger partial charge in [0.25, 0.3) is 0 Å². The fourth-order valence-corrected chi connectivity index (χ4v) is 2.84. The molecule has 0 bridgehead atoms. The van der Waals surface area contributed by atoms with Crippen LogP contribution in [0.25, 0.3) is 0 Å². The average molecular weight is 279 g/mol. The Kier molecular flexibility index (Phi) is 3.29. The van der Waals surface area contributed by atoms with Crippen molar-refractivity contribution in [2.45, 2.75) is 38.4 Å². The molecular formula is C12H17N5O3. The minimum Gasteiger partial charge on any atom is -0.481 e. The first-order chi connectivity index (χ1) is 9.63. The van der Waals surface area contributed by atoms with E-state index in [4.69, 9.17) is 5.11 Å². The molecule has 1 aliphatic carbocycles. The van der Waals surface area contributed by atoms with Crippen LogP contribution in [0.2, 0.25) is 0 Å². The van der Waals surface area contributed by atoms with Gasteiger partial charge in [0.1, 0.15) is 6.33 Å². The minimum absolute atomic E-state index is 0.0385. The lowest BCUT2D eigenvalue weighted by Gasteiger charge is -2.28. The Hall–Kier alpha value is -2.12. The van der Waals surface area contributed by atoms with Crippen molar-refractivity contribution < 1.29 is 14.7 Å². The summed E-state index contributed by atoms with van der Waals surface area (Å²) in [6, 6.07) is -0.182. The molecule has 1 fully saturated rings. The van der Waals surface area contributed by atoms with Gasteiger partial charge in [-0.15, -0.1) is 10.2 Å². The molecule has 3 rings (SSSR count). The Balaban J connectivity index is 1.55. The van der Waals surface area contributed by atoms with Gasteiger partial charge in [-0.25, -0.2) is 4.79 Å². The normalized spacial score (nSPS) is 25.3. The van der Waals surface area contributed by atoms with Gasteiger partial charge >= 0.3 is 12.0 Å². The molecule has 0 aromatic carbocycles. The Morgan fingerprint density at radius 3 is 2.95 bits per heavy atom. The van der Waals surface area contributed by atoms with Crippen molar-refractivity contribution in [3.05, 3.63) is 12.2 Å². The molecular weight excluding hydrogens is 262 g/mol. The van der Waals surface area contributed by atoms with Gasteiger partial charge in [0.2, 0.25) is 0 Å². The minimum atomic E-state index is -0.771. The third-order valence-electron chi connectivity index (χ3n) is 4.04. The molecule has 20 heavy (non-hydrogen) atoms. The molecule has 8 nitrogen and oxygen atoms in total. The number of urea groups is 1. The van der Waals surface area contributed by atoms with Crippen LogP contribution in [0.4, 0.5) is 4.79 Å². The maximum atomic E-state index is 12.2. The number of amides is 2. The molecule has 1 aromatic heterocycles. The van der Waals surface area contributed by atoms with E-state index in [1.165, 1.54) is 0 Å². The number of carboxylic acids is 1. The lowest BCUT2D eigenvalue weighted by Crippen LogP contribution is -2.47. The van der Waals surface area contributed by atoms with E-state index in [1.54, 1.807) is 11.2 Å². The van der Waals surface area contributed by atoms with Crippen LogP contribution in [0.5, 0.6) is 0 Å². The van der Waals surface area contributed by atoms with Crippen molar-refractivity contribution in [2.24, 2.45) is 5.92 Å². The molecule has 0 saturated heterocycles. The maximum Gasteiger partial charge on any atom is 0.318 e. The fraction of sp³-hybridized carbons (Fsp3) is 0.667. The number of nitrogens with one attached hydrogen (secondary N) is 1. The van der Waals surface area contributed by atoms with Gasteiger partial charge < -0.3 is 19.9 Å². The van der Waals surface area contributed by atoms with E-state index in [1.807, 2.05) is 4.57 Å². The third-order valence-corrected chi connectivity index (χ3v) is 4.04. The number of carbonyl (C=O) groups excluding carboxylic acids is 1. The first-order valence-electron chi connectivity index (χ1n) is 6.78. The quantitative estimate of drug-likeness (QED) is 0.797. The number of rotatable bonds is 2. The number of hydrogen-bond acceptors (Lipinski definition) is 4. The van der Waals surface area contributed by atoms with E-state index >= 15 is 0 Å². The Bertz CT molecular complexity index is 529. The molecule has 0 unspecified atom stereocenters. The van der Waals surface area contributed by atoms with Gasteiger partial charge in [0.05, 0.1) is 12.5 Å². The summed E-state index contributed by atoms with van der Waals surface area (Å²) < 4.78 is 1.93. The van der Waals surface area contributed by atoms with Crippen molar-refractivity contribution in [2.75, 3.05) is 6.54 Å². The molecule has 2 amide bonds. The number of aromatic nitrogens is 3. The number of nitrogens with zero attached hydrogens (tertiary/aromatic N) is 4. The summed E-state index contributed by atoms with van der Waals surface area (Å²) in [7, 11) is 0. The van der Waals surface area contributed by atoms with E-state index in [9.17, 15) is 9.59 Å². The molecule has 2 heterocycles. The molecule has 108 valence electrons. The molecule has 2 N–H and O–H groups in total. The highest BCUT2D eigenvalue weighted by atomic mass is 16.4. The zero-order chi connectivity index (χ0) is 14.1. The lowest BCUT2D eigenvalue weighted by molar-refractivity contribution is -0.141. The highest BCUT2D eigenvalue weighted by molar-refractivity contribution is 5.75. The number of aliphatic carboxylic acids is 1. The predicted octanol–water partition coefficient (Wildman–Crippen LogP) is 0.0566. The Morgan fingerprint density at radius 1 is 1.35 bits per heavy atom. The van der Waals surface area contributed by atoms with Gasteiger partial charge in [-0.2, -0.15) is 0 Å². The molecule has 0 spiro atoms. The number of hydrogen-bond donors (Lipinski definition) is 2. The van der Waals surface area contributed by atoms with E-state index in [0.29, 0.717) is 32.5 Å². The van der Waals surface area contributed by atoms with Crippen LogP contribution in [0.15, 0.2) is 6.33 Å². The van der Waals surface area contributed by atoms with Gasteiger partial charge in [0.15, 0.2) is 5.82 Å². The summed E-state index contributed by atoms with van der Waals surface area (Å²) in [6.45, 7) is 1.75. The Labute approximate surface area is 115 Å². The third kappa shape index (κ3) is 2.45. The van der Waals surface area contributed by atoms with Crippen LogP contribution < -0.4 is 5.32 Å². The van der Waals surface area contributed by atoms with Crippen LogP contribution in [0, 0.1) is 5.92 Å². The molecule has 1 saturated carbocycles. The van der Waals surface area contributed by atoms with Crippen LogP contribution in [0.3, 0.4) is 0 Å². The van der Waals surface area contributed by atoms with E-state index in [2.05, 4.69) is 15.5 Å². The summed E-state index contributed by atoms with van der Waals surface area (Å²) in [5.74, 6) is -0.321. The summed E-state index contributed by atoms with van der Waals surface area (Å²) in [4.78, 5) is 24.8. The topological polar surface area (TPSA) is 100 Å². The van der Waals surface area contributed by atoms with Crippen molar-refractivity contribution in [1.29, 1.82) is 0 Å². The molecule has 2 aliphatic rings. The smallest absolute Gasteiger partial charge is 0.318 e. The summed E-state index contributed by atoms with van der Waals surface area (Å²) >= 11 is 0. The predicted molar refractivity (Wildman–Crippen MR) is 67.7 cm³/mol. The van der Waals surface area contributed by atoms with E-state index in [0.717, 1.165) is 12.2 Å². The monoisotopic (exact) mass is 279 g/mol. The standard InChI is InChI=1S/C12H17N5O3/c18-11(19)8-1-2-9(5-8)14-12(20)16-3-4-17-7-13-15-10(17)6-16/h7-9H,1-6H2,(H,14,20)(H,18,19)/t8-,9+/m1/s1. The highest BCUT2D eigenvalue weighted by Gasteiger charge is 2.32. The second-order valence-electron chi connectivity index (χ2n) is 5.36. The Morgan fingerprint density at radius 2 is 2.20 bits per heavy atom. The first-order valence-corrected chi connectivity index (χ1v) is 6.78. The summed E-state index contributed by atoms with van der Waals surface area (Å²) in [5, 5.41) is 19.7. The second-order valence-corrected chi connectivity index (χ2v) is 5.36. The van der Waals surface area contributed by atoms with Crippen LogP contribution in [-0.4, -0.2) is 49.4 Å². The van der Waals surface area contributed by atoms with Gasteiger partial charge in [0, 0.05) is 19.1 Å². The second kappa shape index (κ2) is 5.10. The van der Waals surface area contributed by atoms with Gasteiger partial charge in [-0.1, -0.05) is 0 Å². The molecule has 2 atom stereocenters. The molecule has 1 aromatic rings. The molecule has 8 heteroatoms. The number of fused-ring (bicyclic) bond motifs is 1. The van der Waals surface area contributed by atoms with E-state index < -0.39 is 5.97 Å². The lowest BCUT2D eigenvalue weighted by atomic mass is 10.1. The van der Waals surface area contributed by atoms with Gasteiger partial charge in [-0.3, -0.25) is 4.79 Å². The largest absolute Gasteiger partial charge is 0.481 e. The van der Waals surface area contributed by atoms with E-state index in [-0.39, 0.29) is 18.0 Å². The van der Waals surface area contributed by atoms with Crippen LogP contribution in [-0.2, 0) is 17.9 Å². The van der Waals surface area contributed by atoms with Gasteiger partial charge in [-0.05, 0) is 19.3 Å². The van der Waals surface area contributed by atoms with Crippen molar-refractivity contribution in [1.82, 2.24) is 25.0 Å². The van der Waals surface area contributed by atoms with Crippen molar-refractivity contribution in [3.8, 4) is 0 Å². The summed E-state index contributed by atoms with van der Waals surface area (Å²) in [6.07, 6.45) is 3.55. The highest BCUT2D eigenvalue weighted by Crippen LogP contribution is 2.25. The zero-order valence-corrected chi connectivity index (χ0v) is 11.0. The molecule has 0 radical (unpaired) electrons. The number of carboxylic acid groups (broad SMARTS) is 1.